The van der Waals surface area contributed by atoms with Crippen LogP contribution in [0.1, 0.15) is 33.6 Å². The molecule has 1 aliphatic carbocycles. The van der Waals surface area contributed by atoms with Crippen LogP contribution in [-0.2, 0) is 17.1 Å². The molecule has 0 aromatic rings. The Morgan fingerprint density at radius 1 is 1.57 bits per heavy atom. The van der Waals surface area contributed by atoms with Gasteiger partial charge >= 0.3 is 95.0 Å². The maximum absolute atomic E-state index is 3.78. The molecule has 0 heterocycles. The van der Waals surface area contributed by atoms with Crippen molar-refractivity contribution in [2.75, 3.05) is 0 Å². The van der Waals surface area contributed by atoms with Crippen LogP contribution in [-0.4, -0.2) is 0 Å². The third-order valence-electron chi connectivity index (χ3n) is 2.35. The fourth-order valence-electron chi connectivity index (χ4n) is 1.28. The van der Waals surface area contributed by atoms with Gasteiger partial charge < -0.3 is 0 Å². The van der Waals surface area contributed by atoms with Crippen molar-refractivity contribution in [1.82, 2.24) is 0 Å². The van der Waals surface area contributed by atoms with E-state index in [1.165, 1.54) is 17.6 Å². The van der Waals surface area contributed by atoms with Gasteiger partial charge in [-0.2, -0.15) is 0 Å². The Kier molecular flexibility index (Phi) is 4.55. The fraction of sp³-hybridized carbons (Fsp3) is 0.385. The zero-order chi connectivity index (χ0) is 10.6. The van der Waals surface area contributed by atoms with Crippen LogP contribution < -0.4 is 0 Å². The quantitative estimate of drug-likeness (QED) is 0.533. The van der Waals surface area contributed by atoms with Gasteiger partial charge in [-0.1, -0.05) is 0 Å². The van der Waals surface area contributed by atoms with Gasteiger partial charge in [0.2, 0.25) is 0 Å². The van der Waals surface area contributed by atoms with Crippen molar-refractivity contribution in [2.45, 2.75) is 33.6 Å². The Bertz CT molecular complexity index is 316. The molecular weight excluding hydrogens is 257 g/mol. The van der Waals surface area contributed by atoms with Crippen LogP contribution in [0.15, 0.2) is 44.3 Å². The Morgan fingerprint density at radius 2 is 2.29 bits per heavy atom. The SMILES string of the molecule is C=CCC(C)=[C](C)[Ru][C]1=C(C)C=CC1. The molecule has 0 unspecified atom stereocenters. The fourth-order valence-corrected chi connectivity index (χ4v) is 3.49. The van der Waals surface area contributed by atoms with Crippen LogP contribution in [0, 0.1) is 0 Å². The van der Waals surface area contributed by atoms with E-state index in [4.69, 9.17) is 0 Å². The van der Waals surface area contributed by atoms with Crippen LogP contribution >= 0.6 is 0 Å². The molecule has 78 valence electrons. The molecular formula is C13H18Ru. The summed E-state index contributed by atoms with van der Waals surface area (Å²) in [6.45, 7) is 10.5. The Hall–Kier alpha value is -0.417. The van der Waals surface area contributed by atoms with Crippen molar-refractivity contribution in [1.29, 1.82) is 0 Å². The molecule has 0 aromatic carbocycles. The minimum atomic E-state index is 0.301. The molecule has 0 radical (unpaired) electrons. The van der Waals surface area contributed by atoms with Gasteiger partial charge in [0.25, 0.3) is 0 Å². The van der Waals surface area contributed by atoms with Crippen LogP contribution in [0.2, 0.25) is 0 Å². The molecule has 0 saturated carbocycles. The van der Waals surface area contributed by atoms with E-state index in [-0.39, 0.29) is 0 Å². The van der Waals surface area contributed by atoms with Crippen molar-refractivity contribution in [3.05, 3.63) is 44.3 Å². The summed E-state index contributed by atoms with van der Waals surface area (Å²) in [6, 6.07) is 0. The Morgan fingerprint density at radius 3 is 2.79 bits per heavy atom. The van der Waals surface area contributed by atoms with Crippen molar-refractivity contribution < 1.29 is 17.1 Å². The minimum absolute atomic E-state index is 0.301. The van der Waals surface area contributed by atoms with Gasteiger partial charge in [0.05, 0.1) is 0 Å². The van der Waals surface area contributed by atoms with Crippen molar-refractivity contribution in [3.8, 4) is 0 Å². The third-order valence-corrected chi connectivity index (χ3v) is 5.30. The Balaban J connectivity index is 2.65. The number of hydrogen-bond acceptors (Lipinski definition) is 0. The van der Waals surface area contributed by atoms with Gasteiger partial charge in [-0.05, 0) is 0 Å². The van der Waals surface area contributed by atoms with Gasteiger partial charge in [0.1, 0.15) is 0 Å². The zero-order valence-corrected chi connectivity index (χ0v) is 10.9. The number of allylic oxidation sites excluding steroid dienone is 7. The van der Waals surface area contributed by atoms with E-state index in [9.17, 15) is 0 Å². The third kappa shape index (κ3) is 3.06. The van der Waals surface area contributed by atoms with Crippen LogP contribution in [0.25, 0.3) is 0 Å². The summed E-state index contributed by atoms with van der Waals surface area (Å²) in [4.78, 5) is 0. The molecule has 0 aromatic heterocycles. The maximum atomic E-state index is 3.78. The normalized spacial score (nSPS) is 17.6. The van der Waals surface area contributed by atoms with Gasteiger partial charge in [-0.3, -0.25) is 0 Å². The summed E-state index contributed by atoms with van der Waals surface area (Å²) in [7, 11) is 0. The average Bonchev–Trinajstić information content (AvgIpc) is 2.52. The van der Waals surface area contributed by atoms with Gasteiger partial charge in [0, 0.05) is 0 Å². The van der Waals surface area contributed by atoms with Crippen molar-refractivity contribution >= 4 is 0 Å². The second-order valence-electron chi connectivity index (χ2n) is 3.56. The van der Waals surface area contributed by atoms with Gasteiger partial charge in [-0.15, -0.1) is 0 Å². The van der Waals surface area contributed by atoms with Gasteiger partial charge in [-0.25, -0.2) is 0 Å². The summed E-state index contributed by atoms with van der Waals surface area (Å²) in [6.07, 6.45) is 8.74. The Labute approximate surface area is 95.1 Å². The van der Waals surface area contributed by atoms with E-state index in [0.717, 1.165) is 6.42 Å². The van der Waals surface area contributed by atoms with Crippen LogP contribution in [0.4, 0.5) is 0 Å². The molecule has 0 saturated heterocycles. The zero-order valence-electron chi connectivity index (χ0n) is 9.21. The summed E-state index contributed by atoms with van der Waals surface area (Å²) < 4.78 is 3.26. The molecule has 0 fully saturated rings. The molecule has 0 bridgehead atoms. The van der Waals surface area contributed by atoms with Gasteiger partial charge in [0.15, 0.2) is 0 Å². The van der Waals surface area contributed by atoms with E-state index in [1.54, 1.807) is 8.33 Å². The molecule has 0 nitrogen and oxygen atoms in total. The first-order chi connectivity index (χ1) is 6.65. The first-order valence-electron chi connectivity index (χ1n) is 4.91. The monoisotopic (exact) mass is 276 g/mol. The van der Waals surface area contributed by atoms with E-state index >= 15 is 0 Å². The number of hydrogen-bond donors (Lipinski definition) is 0. The second kappa shape index (κ2) is 5.46. The van der Waals surface area contributed by atoms with E-state index in [2.05, 4.69) is 39.5 Å². The van der Waals surface area contributed by atoms with E-state index < -0.39 is 0 Å². The molecule has 1 aliphatic rings. The van der Waals surface area contributed by atoms with E-state index in [0.29, 0.717) is 17.1 Å². The summed E-state index contributed by atoms with van der Waals surface area (Å²) in [5.41, 5.74) is 3.00. The summed E-state index contributed by atoms with van der Waals surface area (Å²) in [5.74, 6) is 0. The summed E-state index contributed by atoms with van der Waals surface area (Å²) >= 11 is 0.301. The molecule has 0 amide bonds. The predicted molar refractivity (Wildman–Crippen MR) is 59.6 cm³/mol. The van der Waals surface area contributed by atoms with Crippen molar-refractivity contribution in [3.63, 3.8) is 0 Å². The molecule has 1 rings (SSSR count). The van der Waals surface area contributed by atoms with Crippen molar-refractivity contribution in [2.24, 2.45) is 0 Å². The molecule has 0 spiro atoms. The molecule has 0 atom stereocenters. The second-order valence-corrected chi connectivity index (χ2v) is 6.34. The predicted octanol–water partition coefficient (Wildman–Crippen LogP) is 4.17. The average molecular weight is 275 g/mol. The number of rotatable bonds is 4. The molecule has 0 N–H and O–H groups in total. The van der Waals surface area contributed by atoms with Crippen LogP contribution in [0.3, 0.4) is 0 Å². The van der Waals surface area contributed by atoms with Crippen LogP contribution in [0.5, 0.6) is 0 Å². The molecule has 0 aliphatic heterocycles. The first kappa shape index (κ1) is 11.7. The molecule has 14 heavy (non-hydrogen) atoms. The standard InChI is InChI=1S/C7H11.C6H7.Ru/c1-4-6-7(3)5-2;1-6-4-2-3-5-6;/h4H,1,6H2,2-3H3;2,4H,3H2,1H3;. The first-order valence-corrected chi connectivity index (χ1v) is 6.65. The molecule has 1 heteroatoms. The topological polar surface area (TPSA) is 0 Å². The summed E-state index contributed by atoms with van der Waals surface area (Å²) in [5, 5.41) is 0. The van der Waals surface area contributed by atoms with E-state index in [1.807, 2.05) is 6.08 Å².